The highest BCUT2D eigenvalue weighted by Gasteiger charge is 2.05. The third-order valence-electron chi connectivity index (χ3n) is 4.17. The van der Waals surface area contributed by atoms with Crippen LogP contribution in [0.2, 0.25) is 0 Å². The van der Waals surface area contributed by atoms with Gasteiger partial charge in [0.25, 0.3) is 0 Å². The summed E-state index contributed by atoms with van der Waals surface area (Å²) in [4.78, 5) is 9.01. The van der Waals surface area contributed by atoms with Crippen molar-refractivity contribution in [1.82, 2.24) is 15.6 Å². The molecule has 2 rings (SSSR count). The summed E-state index contributed by atoms with van der Waals surface area (Å²) in [5, 5.41) is 6.66. The van der Waals surface area contributed by atoms with Crippen LogP contribution in [0.3, 0.4) is 0 Å². The van der Waals surface area contributed by atoms with Gasteiger partial charge in [0.2, 0.25) is 0 Å². The molecule has 0 fully saturated rings. The standard InChI is InChI=1S/C22H32N4O2.HI/c1-4-23-22(26-16-13-19-10-6-7-14-24-19)25-15-8-9-18-11-12-20(27-3)21(17-18)28-5-2;/h6-7,10-12,14,17H,4-5,8-9,13,15-16H2,1-3H3,(H2,23,25,26);1H. The van der Waals surface area contributed by atoms with Crippen molar-refractivity contribution in [3.05, 3.63) is 53.9 Å². The fourth-order valence-corrected chi connectivity index (χ4v) is 2.82. The molecule has 1 aromatic heterocycles. The predicted octanol–water partition coefficient (Wildman–Crippen LogP) is 3.84. The molecular formula is C22H33IN4O2. The summed E-state index contributed by atoms with van der Waals surface area (Å²) in [6.45, 7) is 7.08. The minimum atomic E-state index is 0. The van der Waals surface area contributed by atoms with E-state index in [1.807, 2.05) is 37.4 Å². The largest absolute Gasteiger partial charge is 0.493 e. The Morgan fingerprint density at radius 3 is 2.62 bits per heavy atom. The molecule has 0 aliphatic rings. The minimum Gasteiger partial charge on any atom is -0.493 e. The van der Waals surface area contributed by atoms with E-state index in [0.29, 0.717) is 6.61 Å². The maximum Gasteiger partial charge on any atom is 0.191 e. The van der Waals surface area contributed by atoms with Crippen molar-refractivity contribution in [2.75, 3.05) is 33.4 Å². The molecule has 0 atom stereocenters. The third-order valence-corrected chi connectivity index (χ3v) is 4.17. The van der Waals surface area contributed by atoms with Crippen LogP contribution in [-0.2, 0) is 12.8 Å². The molecule has 0 amide bonds. The van der Waals surface area contributed by atoms with Crippen molar-refractivity contribution in [3.8, 4) is 11.5 Å². The lowest BCUT2D eigenvalue weighted by molar-refractivity contribution is 0.310. The number of halogens is 1. The Morgan fingerprint density at radius 1 is 1.07 bits per heavy atom. The summed E-state index contributed by atoms with van der Waals surface area (Å²) in [7, 11) is 1.66. The lowest BCUT2D eigenvalue weighted by atomic mass is 10.1. The number of aromatic nitrogens is 1. The number of pyridine rings is 1. The van der Waals surface area contributed by atoms with Gasteiger partial charge in [-0.1, -0.05) is 12.1 Å². The highest BCUT2D eigenvalue weighted by atomic mass is 127. The first-order valence-electron chi connectivity index (χ1n) is 9.98. The number of aliphatic imine (C=N–C) groups is 1. The molecule has 29 heavy (non-hydrogen) atoms. The number of hydrogen-bond donors (Lipinski definition) is 2. The second kappa shape index (κ2) is 14.9. The molecule has 160 valence electrons. The average molecular weight is 512 g/mol. The number of methoxy groups -OCH3 is 1. The molecule has 6 nitrogen and oxygen atoms in total. The molecule has 0 aliphatic carbocycles. The van der Waals surface area contributed by atoms with Crippen LogP contribution in [0.5, 0.6) is 11.5 Å². The normalized spacial score (nSPS) is 10.8. The Balaban J connectivity index is 0.00000420. The zero-order valence-electron chi connectivity index (χ0n) is 17.6. The van der Waals surface area contributed by atoms with Gasteiger partial charge in [0, 0.05) is 37.9 Å². The minimum absolute atomic E-state index is 0. The van der Waals surface area contributed by atoms with E-state index in [1.54, 1.807) is 7.11 Å². The first kappa shape index (κ1) is 25.0. The van der Waals surface area contributed by atoms with Crippen molar-refractivity contribution in [2.45, 2.75) is 33.1 Å². The fraction of sp³-hybridized carbons (Fsp3) is 0.455. The zero-order valence-corrected chi connectivity index (χ0v) is 19.9. The first-order chi connectivity index (χ1) is 13.8. The van der Waals surface area contributed by atoms with E-state index in [2.05, 4.69) is 39.7 Å². The summed E-state index contributed by atoms with van der Waals surface area (Å²) >= 11 is 0. The number of aryl methyl sites for hydroxylation is 1. The first-order valence-corrected chi connectivity index (χ1v) is 9.98. The molecule has 0 aliphatic heterocycles. The second-order valence-corrected chi connectivity index (χ2v) is 6.28. The molecule has 0 bridgehead atoms. The highest BCUT2D eigenvalue weighted by molar-refractivity contribution is 14.0. The molecule has 0 unspecified atom stereocenters. The van der Waals surface area contributed by atoms with Gasteiger partial charge in [-0.25, -0.2) is 0 Å². The van der Waals surface area contributed by atoms with E-state index in [9.17, 15) is 0 Å². The smallest absolute Gasteiger partial charge is 0.191 e. The SMILES string of the molecule is CCNC(=NCCCc1ccc(OC)c(OCC)c1)NCCc1ccccn1.I. The van der Waals surface area contributed by atoms with Crippen LogP contribution in [-0.4, -0.2) is 44.3 Å². The lowest BCUT2D eigenvalue weighted by Gasteiger charge is -2.12. The third kappa shape index (κ3) is 9.34. The van der Waals surface area contributed by atoms with Crippen LogP contribution >= 0.6 is 24.0 Å². The van der Waals surface area contributed by atoms with Gasteiger partial charge in [-0.15, -0.1) is 24.0 Å². The van der Waals surface area contributed by atoms with E-state index >= 15 is 0 Å². The summed E-state index contributed by atoms with van der Waals surface area (Å²) in [5.41, 5.74) is 2.31. The van der Waals surface area contributed by atoms with Gasteiger partial charge < -0.3 is 20.1 Å². The zero-order chi connectivity index (χ0) is 20.0. The molecule has 0 radical (unpaired) electrons. The maximum atomic E-state index is 5.65. The fourth-order valence-electron chi connectivity index (χ4n) is 2.82. The van der Waals surface area contributed by atoms with E-state index in [-0.39, 0.29) is 24.0 Å². The van der Waals surface area contributed by atoms with Crippen LogP contribution in [0.1, 0.15) is 31.5 Å². The quantitative estimate of drug-likeness (QED) is 0.207. The van der Waals surface area contributed by atoms with E-state index in [1.165, 1.54) is 5.56 Å². The summed E-state index contributed by atoms with van der Waals surface area (Å²) in [6, 6.07) is 12.1. The van der Waals surface area contributed by atoms with Crippen LogP contribution in [0.25, 0.3) is 0 Å². The Kier molecular flexibility index (Phi) is 12.8. The van der Waals surface area contributed by atoms with E-state index in [4.69, 9.17) is 9.47 Å². The lowest BCUT2D eigenvalue weighted by Crippen LogP contribution is -2.38. The summed E-state index contributed by atoms with van der Waals surface area (Å²) in [6.07, 6.45) is 4.61. The number of guanidine groups is 1. The Morgan fingerprint density at radius 2 is 1.93 bits per heavy atom. The molecule has 7 heteroatoms. The van der Waals surface area contributed by atoms with Gasteiger partial charge in [-0.2, -0.15) is 0 Å². The summed E-state index contributed by atoms with van der Waals surface area (Å²) < 4.78 is 11.0. The Labute approximate surface area is 191 Å². The van der Waals surface area contributed by atoms with Crippen molar-refractivity contribution in [3.63, 3.8) is 0 Å². The molecular weight excluding hydrogens is 479 g/mol. The summed E-state index contributed by atoms with van der Waals surface area (Å²) in [5.74, 6) is 2.42. The molecule has 0 saturated heterocycles. The van der Waals surface area contributed by atoms with Gasteiger partial charge >= 0.3 is 0 Å². The highest BCUT2D eigenvalue weighted by Crippen LogP contribution is 2.28. The maximum absolute atomic E-state index is 5.65. The Hall–Kier alpha value is -2.03. The second-order valence-electron chi connectivity index (χ2n) is 6.28. The van der Waals surface area contributed by atoms with Crippen molar-refractivity contribution in [1.29, 1.82) is 0 Å². The van der Waals surface area contributed by atoms with Crippen LogP contribution in [0.4, 0.5) is 0 Å². The van der Waals surface area contributed by atoms with Crippen LogP contribution in [0.15, 0.2) is 47.6 Å². The topological polar surface area (TPSA) is 67.8 Å². The molecule has 0 spiro atoms. The van der Waals surface area contributed by atoms with Gasteiger partial charge in [-0.05, 0) is 56.5 Å². The van der Waals surface area contributed by atoms with Gasteiger partial charge in [0.05, 0.1) is 13.7 Å². The van der Waals surface area contributed by atoms with Gasteiger partial charge in [-0.3, -0.25) is 9.98 Å². The molecule has 2 N–H and O–H groups in total. The number of hydrogen-bond acceptors (Lipinski definition) is 4. The molecule has 2 aromatic rings. The van der Waals surface area contributed by atoms with Crippen molar-refractivity contribution in [2.24, 2.45) is 4.99 Å². The Bertz CT molecular complexity index is 726. The van der Waals surface area contributed by atoms with E-state index in [0.717, 1.165) is 62.0 Å². The van der Waals surface area contributed by atoms with Gasteiger partial charge in [0.1, 0.15) is 0 Å². The predicted molar refractivity (Wildman–Crippen MR) is 130 cm³/mol. The molecule has 1 aromatic carbocycles. The molecule has 1 heterocycles. The van der Waals surface area contributed by atoms with Crippen molar-refractivity contribution < 1.29 is 9.47 Å². The number of ether oxygens (including phenoxy) is 2. The van der Waals surface area contributed by atoms with Crippen LogP contribution in [0, 0.1) is 0 Å². The van der Waals surface area contributed by atoms with Gasteiger partial charge in [0.15, 0.2) is 17.5 Å². The number of nitrogens with zero attached hydrogens (tertiary/aromatic N) is 2. The monoisotopic (exact) mass is 512 g/mol. The van der Waals surface area contributed by atoms with Crippen LogP contribution < -0.4 is 20.1 Å². The molecule has 0 saturated carbocycles. The van der Waals surface area contributed by atoms with Crippen molar-refractivity contribution >= 4 is 29.9 Å². The number of benzene rings is 1. The number of nitrogens with one attached hydrogen (secondary N) is 2. The van der Waals surface area contributed by atoms with E-state index < -0.39 is 0 Å². The number of rotatable bonds is 11. The average Bonchev–Trinajstić information content (AvgIpc) is 2.72.